The molecule has 0 atom stereocenters. The van der Waals surface area contributed by atoms with Crippen LogP contribution in [0.1, 0.15) is 64.7 Å². The molecule has 80 valence electrons. The zero-order valence-electron chi connectivity index (χ0n) is 9.65. The van der Waals surface area contributed by atoms with E-state index in [1.807, 2.05) is 0 Å². The maximum atomic E-state index is 4.13. The molecule has 0 bridgehead atoms. The number of hydrogen-bond acceptors (Lipinski definition) is 0. The van der Waals surface area contributed by atoms with Gasteiger partial charge < -0.3 is 0 Å². The molecule has 0 radical (unpaired) electrons. The molecule has 0 aromatic carbocycles. The van der Waals surface area contributed by atoms with Crippen molar-refractivity contribution in [3.8, 4) is 0 Å². The summed E-state index contributed by atoms with van der Waals surface area (Å²) >= 11 is 0. The topological polar surface area (TPSA) is 0 Å². The second-order valence-electron chi connectivity index (χ2n) is 4.46. The summed E-state index contributed by atoms with van der Waals surface area (Å²) in [4.78, 5) is 0. The first-order valence-corrected chi connectivity index (χ1v) is 6.17. The Kier molecular flexibility index (Phi) is 5.66. The molecule has 0 heteroatoms. The SMILES string of the molecule is C=C1CCC=C(CCC)CCCCC1. The summed E-state index contributed by atoms with van der Waals surface area (Å²) in [6, 6.07) is 0. The Hall–Kier alpha value is -0.520. The molecule has 1 aliphatic carbocycles. The van der Waals surface area contributed by atoms with Gasteiger partial charge in [-0.3, -0.25) is 0 Å². The average Bonchev–Trinajstić information content (AvgIpc) is 2.17. The molecule has 0 saturated carbocycles. The van der Waals surface area contributed by atoms with Crippen molar-refractivity contribution < 1.29 is 0 Å². The summed E-state index contributed by atoms with van der Waals surface area (Å²) in [7, 11) is 0. The van der Waals surface area contributed by atoms with Gasteiger partial charge in [-0.05, 0) is 44.9 Å². The fraction of sp³-hybridized carbons (Fsp3) is 0.714. The van der Waals surface area contributed by atoms with Crippen molar-refractivity contribution in [2.24, 2.45) is 0 Å². The highest BCUT2D eigenvalue weighted by Gasteiger charge is 2.01. The van der Waals surface area contributed by atoms with Crippen LogP contribution in [-0.4, -0.2) is 0 Å². The lowest BCUT2D eigenvalue weighted by atomic mass is 9.96. The summed E-state index contributed by atoms with van der Waals surface area (Å²) in [5.74, 6) is 0. The number of allylic oxidation sites excluding steroid dienone is 3. The van der Waals surface area contributed by atoms with Gasteiger partial charge in [-0.15, -0.1) is 0 Å². The van der Waals surface area contributed by atoms with Crippen molar-refractivity contribution >= 4 is 0 Å². The molecule has 0 heterocycles. The van der Waals surface area contributed by atoms with E-state index in [-0.39, 0.29) is 0 Å². The molecule has 0 aromatic heterocycles. The lowest BCUT2D eigenvalue weighted by Crippen LogP contribution is -1.90. The summed E-state index contributed by atoms with van der Waals surface area (Å²) < 4.78 is 0. The van der Waals surface area contributed by atoms with Crippen LogP contribution >= 0.6 is 0 Å². The summed E-state index contributed by atoms with van der Waals surface area (Å²) in [5.41, 5.74) is 3.15. The van der Waals surface area contributed by atoms with Gasteiger partial charge in [0.05, 0.1) is 0 Å². The molecule has 0 aliphatic heterocycles. The van der Waals surface area contributed by atoms with Gasteiger partial charge in [-0.2, -0.15) is 0 Å². The average molecular weight is 192 g/mol. The fourth-order valence-corrected chi connectivity index (χ4v) is 2.16. The van der Waals surface area contributed by atoms with E-state index in [1.165, 1.54) is 63.4 Å². The van der Waals surface area contributed by atoms with Gasteiger partial charge in [-0.1, -0.05) is 43.6 Å². The van der Waals surface area contributed by atoms with Crippen molar-refractivity contribution in [2.75, 3.05) is 0 Å². The molecule has 0 nitrogen and oxygen atoms in total. The molecule has 0 aromatic rings. The first-order chi connectivity index (χ1) is 6.83. The maximum Gasteiger partial charge on any atom is -0.0288 e. The van der Waals surface area contributed by atoms with Crippen LogP contribution < -0.4 is 0 Å². The zero-order valence-corrected chi connectivity index (χ0v) is 9.65. The Bertz CT molecular complexity index is 198. The van der Waals surface area contributed by atoms with Crippen LogP contribution in [0.3, 0.4) is 0 Å². The van der Waals surface area contributed by atoms with Crippen molar-refractivity contribution in [3.63, 3.8) is 0 Å². The first-order valence-electron chi connectivity index (χ1n) is 6.17. The molecular formula is C14H24. The summed E-state index contributed by atoms with van der Waals surface area (Å²) in [6.07, 6.45) is 14.3. The molecule has 14 heavy (non-hydrogen) atoms. The molecule has 0 unspecified atom stereocenters. The molecule has 0 spiro atoms. The van der Waals surface area contributed by atoms with Crippen molar-refractivity contribution in [2.45, 2.75) is 64.7 Å². The Morgan fingerprint density at radius 2 is 1.93 bits per heavy atom. The van der Waals surface area contributed by atoms with Gasteiger partial charge in [-0.25, -0.2) is 0 Å². The third-order valence-electron chi connectivity index (χ3n) is 3.03. The Morgan fingerprint density at radius 3 is 2.71 bits per heavy atom. The van der Waals surface area contributed by atoms with Crippen LogP contribution in [-0.2, 0) is 0 Å². The van der Waals surface area contributed by atoms with Gasteiger partial charge >= 0.3 is 0 Å². The third kappa shape index (κ3) is 4.64. The highest BCUT2D eigenvalue weighted by molar-refractivity contribution is 5.05. The Balaban J connectivity index is 2.44. The second-order valence-corrected chi connectivity index (χ2v) is 4.46. The number of hydrogen-bond donors (Lipinski definition) is 0. The normalized spacial score (nSPS) is 20.4. The molecule has 0 fully saturated rings. The predicted octanol–water partition coefficient (Wildman–Crippen LogP) is 5.01. The smallest absolute Gasteiger partial charge is 0.0288 e. The lowest BCUT2D eigenvalue weighted by molar-refractivity contribution is 0.640. The van der Waals surface area contributed by atoms with Gasteiger partial charge in [0.2, 0.25) is 0 Å². The minimum atomic E-state index is 1.22. The van der Waals surface area contributed by atoms with E-state index in [0.717, 1.165) is 0 Å². The van der Waals surface area contributed by atoms with Crippen LogP contribution in [0.25, 0.3) is 0 Å². The highest BCUT2D eigenvalue weighted by atomic mass is 14.1. The lowest BCUT2D eigenvalue weighted by Gasteiger charge is -2.10. The van der Waals surface area contributed by atoms with Gasteiger partial charge in [0.1, 0.15) is 0 Å². The highest BCUT2D eigenvalue weighted by Crippen LogP contribution is 2.21. The largest absolute Gasteiger partial charge is 0.0999 e. The number of rotatable bonds is 2. The molecular weight excluding hydrogens is 168 g/mol. The zero-order chi connectivity index (χ0) is 10.2. The standard InChI is InChI=1S/C14H24/c1-3-8-14-11-6-4-5-9-13(2)10-7-12-14/h12H,2-11H2,1H3. The monoisotopic (exact) mass is 192 g/mol. The van der Waals surface area contributed by atoms with Gasteiger partial charge in [0.25, 0.3) is 0 Å². The fourth-order valence-electron chi connectivity index (χ4n) is 2.16. The summed E-state index contributed by atoms with van der Waals surface area (Å²) in [6.45, 7) is 6.41. The van der Waals surface area contributed by atoms with Crippen LogP contribution in [0.15, 0.2) is 23.8 Å². The van der Waals surface area contributed by atoms with E-state index in [1.54, 1.807) is 5.57 Å². The quantitative estimate of drug-likeness (QED) is 0.539. The minimum Gasteiger partial charge on any atom is -0.0999 e. The van der Waals surface area contributed by atoms with Crippen molar-refractivity contribution in [1.82, 2.24) is 0 Å². The van der Waals surface area contributed by atoms with Crippen molar-refractivity contribution in [3.05, 3.63) is 23.8 Å². The van der Waals surface area contributed by atoms with E-state index in [4.69, 9.17) is 0 Å². The van der Waals surface area contributed by atoms with E-state index >= 15 is 0 Å². The third-order valence-corrected chi connectivity index (χ3v) is 3.03. The second kappa shape index (κ2) is 6.86. The Labute approximate surface area is 89.1 Å². The Morgan fingerprint density at radius 1 is 1.14 bits per heavy atom. The predicted molar refractivity (Wildman–Crippen MR) is 64.5 cm³/mol. The van der Waals surface area contributed by atoms with E-state index in [9.17, 15) is 0 Å². The molecule has 0 N–H and O–H groups in total. The molecule has 0 saturated heterocycles. The van der Waals surface area contributed by atoms with Crippen LogP contribution in [0, 0.1) is 0 Å². The van der Waals surface area contributed by atoms with Crippen LogP contribution in [0.5, 0.6) is 0 Å². The van der Waals surface area contributed by atoms with E-state index in [0.29, 0.717) is 0 Å². The van der Waals surface area contributed by atoms with Crippen LogP contribution in [0.2, 0.25) is 0 Å². The van der Waals surface area contributed by atoms with Crippen molar-refractivity contribution in [1.29, 1.82) is 0 Å². The maximum absolute atomic E-state index is 4.13. The first kappa shape index (κ1) is 11.6. The minimum absolute atomic E-state index is 1.22. The molecule has 1 rings (SSSR count). The van der Waals surface area contributed by atoms with E-state index < -0.39 is 0 Å². The summed E-state index contributed by atoms with van der Waals surface area (Å²) in [5, 5.41) is 0. The molecule has 0 amide bonds. The van der Waals surface area contributed by atoms with E-state index in [2.05, 4.69) is 19.6 Å². The van der Waals surface area contributed by atoms with Crippen LogP contribution in [0.4, 0.5) is 0 Å². The molecule has 1 aliphatic rings. The van der Waals surface area contributed by atoms with Gasteiger partial charge in [0, 0.05) is 0 Å². The van der Waals surface area contributed by atoms with Gasteiger partial charge in [0.15, 0.2) is 0 Å².